The average molecular weight is 215 g/mol. The normalized spacial score (nSPS) is 8.77. The number of benzene rings is 1. The summed E-state index contributed by atoms with van der Waals surface area (Å²) in [6, 6.07) is 7.19. The Labute approximate surface area is 86.5 Å². The van der Waals surface area contributed by atoms with Gasteiger partial charge in [0.1, 0.15) is 0 Å². The van der Waals surface area contributed by atoms with Crippen molar-refractivity contribution in [1.29, 1.82) is 0 Å². The molecule has 0 unspecified atom stereocenters. The molecule has 2 nitrogen and oxygen atoms in total. The first-order chi connectivity index (χ1) is 6.30. The highest BCUT2D eigenvalue weighted by molar-refractivity contribution is 6.41. The highest BCUT2D eigenvalue weighted by Crippen LogP contribution is 2.19. The Morgan fingerprint density at radius 3 is 1.92 bits per heavy atom. The summed E-state index contributed by atoms with van der Waals surface area (Å²) in [4.78, 5) is 6.42. The van der Waals surface area contributed by atoms with E-state index in [1.807, 2.05) is 12.1 Å². The van der Waals surface area contributed by atoms with Gasteiger partial charge in [0.2, 0.25) is 0 Å². The van der Waals surface area contributed by atoms with Crippen molar-refractivity contribution in [3.8, 4) is 0 Å². The lowest BCUT2D eigenvalue weighted by Crippen LogP contribution is -1.62. The topological polar surface area (TPSA) is 28.7 Å². The molecule has 1 aromatic carbocycles. The van der Waals surface area contributed by atoms with E-state index in [0.29, 0.717) is 10.0 Å². The van der Waals surface area contributed by atoms with Crippen LogP contribution in [0.4, 0.5) is 0 Å². The molecule has 4 heteroatoms. The van der Waals surface area contributed by atoms with Gasteiger partial charge in [-0.3, -0.25) is 0 Å². The van der Waals surface area contributed by atoms with Crippen LogP contribution in [0.15, 0.2) is 43.0 Å². The maximum Gasteiger partial charge on any atom is 0.0919 e. The minimum Gasteiger partial charge on any atom is -0.351 e. The van der Waals surface area contributed by atoms with E-state index in [1.54, 1.807) is 30.9 Å². The smallest absolute Gasteiger partial charge is 0.0919 e. The number of aromatic nitrogens is 2. The van der Waals surface area contributed by atoms with Crippen LogP contribution >= 0.6 is 23.2 Å². The number of hydrogen-bond donors (Lipinski definition) is 1. The Morgan fingerprint density at radius 2 is 1.69 bits per heavy atom. The summed E-state index contributed by atoms with van der Waals surface area (Å²) in [7, 11) is 0. The number of nitrogens with one attached hydrogen (secondary N) is 1. The Bertz CT molecular complexity index is 295. The second-order valence-electron chi connectivity index (χ2n) is 2.17. The van der Waals surface area contributed by atoms with E-state index in [0.717, 1.165) is 0 Å². The first kappa shape index (κ1) is 10.1. The third kappa shape index (κ3) is 3.97. The maximum atomic E-state index is 5.58. The Balaban J connectivity index is 0.000000145. The fourth-order valence-corrected chi connectivity index (χ4v) is 0.926. The fraction of sp³-hybridized carbons (Fsp3) is 0. The number of hydrogen-bond acceptors (Lipinski definition) is 1. The van der Waals surface area contributed by atoms with Gasteiger partial charge in [0.25, 0.3) is 0 Å². The van der Waals surface area contributed by atoms with Gasteiger partial charge in [-0.05, 0) is 12.1 Å². The Kier molecular flexibility index (Phi) is 4.36. The molecule has 0 aliphatic rings. The number of imidazole rings is 1. The Morgan fingerprint density at radius 1 is 1.08 bits per heavy atom. The highest BCUT2D eigenvalue weighted by atomic mass is 35.5. The predicted octanol–water partition coefficient (Wildman–Crippen LogP) is 3.40. The van der Waals surface area contributed by atoms with Gasteiger partial charge in [-0.15, -0.1) is 0 Å². The molecule has 0 atom stereocenters. The molecule has 0 saturated carbocycles. The molecule has 1 N–H and O–H groups in total. The highest BCUT2D eigenvalue weighted by Gasteiger charge is 1.89. The van der Waals surface area contributed by atoms with Crippen LogP contribution in [0.5, 0.6) is 0 Å². The van der Waals surface area contributed by atoms with Crippen molar-refractivity contribution in [2.45, 2.75) is 0 Å². The second-order valence-corrected chi connectivity index (χ2v) is 2.99. The molecule has 13 heavy (non-hydrogen) atoms. The summed E-state index contributed by atoms with van der Waals surface area (Å²) in [6.45, 7) is 0. The summed E-state index contributed by atoms with van der Waals surface area (Å²) in [5.41, 5.74) is 0. The van der Waals surface area contributed by atoms with E-state index in [2.05, 4.69) is 9.97 Å². The fourth-order valence-electron chi connectivity index (χ4n) is 0.654. The molecule has 1 heterocycles. The predicted molar refractivity (Wildman–Crippen MR) is 55.0 cm³/mol. The lowest BCUT2D eigenvalue weighted by atomic mass is 10.4. The molecule has 0 spiro atoms. The third-order valence-corrected chi connectivity index (χ3v) is 1.99. The van der Waals surface area contributed by atoms with E-state index < -0.39 is 0 Å². The molecule has 1 aromatic heterocycles. The van der Waals surface area contributed by atoms with Gasteiger partial charge in [0.05, 0.1) is 16.4 Å². The standard InChI is InChI=1S/C6H4Cl2.C3H4N2/c7-5-3-1-2-4-6(5)8;1-2-5-3-4-1/h1-4H;1-3H,(H,4,5). The van der Waals surface area contributed by atoms with E-state index in [4.69, 9.17) is 23.2 Å². The molecule has 0 aliphatic heterocycles. The van der Waals surface area contributed by atoms with E-state index in [1.165, 1.54) is 0 Å². The van der Waals surface area contributed by atoms with Crippen LogP contribution in [0.25, 0.3) is 0 Å². The number of halogens is 2. The molecule has 0 fully saturated rings. The SMILES string of the molecule is Clc1ccccc1Cl.c1c[nH]cn1. The minimum absolute atomic E-state index is 0.606. The summed E-state index contributed by atoms with van der Waals surface area (Å²) < 4.78 is 0. The quantitative estimate of drug-likeness (QED) is 0.716. The van der Waals surface area contributed by atoms with Gasteiger partial charge >= 0.3 is 0 Å². The van der Waals surface area contributed by atoms with Crippen molar-refractivity contribution < 1.29 is 0 Å². The molecule has 0 saturated heterocycles. The van der Waals surface area contributed by atoms with Crippen molar-refractivity contribution in [3.63, 3.8) is 0 Å². The second kappa shape index (κ2) is 5.62. The molecule has 0 amide bonds. The summed E-state index contributed by atoms with van der Waals surface area (Å²) in [5.74, 6) is 0. The van der Waals surface area contributed by atoms with Crippen LogP contribution in [-0.2, 0) is 0 Å². The summed E-state index contributed by atoms with van der Waals surface area (Å²) in [6.07, 6.45) is 5.08. The molecule has 0 radical (unpaired) electrons. The van der Waals surface area contributed by atoms with Gasteiger partial charge in [0, 0.05) is 12.4 Å². The summed E-state index contributed by atoms with van der Waals surface area (Å²) in [5, 5.41) is 1.21. The Hall–Kier alpha value is -0.990. The first-order valence-corrected chi connectivity index (χ1v) is 4.39. The van der Waals surface area contributed by atoms with Gasteiger partial charge in [-0.2, -0.15) is 0 Å². The zero-order chi connectivity index (χ0) is 9.52. The monoisotopic (exact) mass is 214 g/mol. The van der Waals surface area contributed by atoms with E-state index in [9.17, 15) is 0 Å². The molecular weight excluding hydrogens is 207 g/mol. The van der Waals surface area contributed by atoms with Crippen LogP contribution in [0.1, 0.15) is 0 Å². The summed E-state index contributed by atoms with van der Waals surface area (Å²) >= 11 is 11.2. The minimum atomic E-state index is 0.606. The average Bonchev–Trinajstić information content (AvgIpc) is 2.68. The van der Waals surface area contributed by atoms with Crippen LogP contribution in [0.3, 0.4) is 0 Å². The largest absolute Gasteiger partial charge is 0.351 e. The zero-order valence-corrected chi connectivity index (χ0v) is 8.26. The van der Waals surface area contributed by atoms with Crippen molar-refractivity contribution >= 4 is 23.2 Å². The van der Waals surface area contributed by atoms with Crippen molar-refractivity contribution in [2.24, 2.45) is 0 Å². The molecular formula is C9H8Cl2N2. The third-order valence-electron chi connectivity index (χ3n) is 1.23. The first-order valence-electron chi connectivity index (χ1n) is 3.63. The van der Waals surface area contributed by atoms with Gasteiger partial charge in [-0.25, -0.2) is 4.98 Å². The van der Waals surface area contributed by atoms with Crippen LogP contribution < -0.4 is 0 Å². The van der Waals surface area contributed by atoms with E-state index >= 15 is 0 Å². The van der Waals surface area contributed by atoms with Crippen molar-refractivity contribution in [2.75, 3.05) is 0 Å². The zero-order valence-electron chi connectivity index (χ0n) is 6.74. The van der Waals surface area contributed by atoms with Crippen LogP contribution in [0.2, 0.25) is 10.0 Å². The van der Waals surface area contributed by atoms with Gasteiger partial charge < -0.3 is 4.98 Å². The van der Waals surface area contributed by atoms with Crippen molar-refractivity contribution in [3.05, 3.63) is 53.0 Å². The molecule has 2 aromatic rings. The van der Waals surface area contributed by atoms with Crippen LogP contribution in [-0.4, -0.2) is 9.97 Å². The molecule has 68 valence electrons. The van der Waals surface area contributed by atoms with E-state index in [-0.39, 0.29) is 0 Å². The number of aromatic amines is 1. The van der Waals surface area contributed by atoms with Crippen LogP contribution in [0, 0.1) is 0 Å². The van der Waals surface area contributed by atoms with Gasteiger partial charge in [-0.1, -0.05) is 35.3 Å². The number of H-pyrrole nitrogens is 1. The number of nitrogens with zero attached hydrogens (tertiary/aromatic N) is 1. The molecule has 2 rings (SSSR count). The lowest BCUT2D eigenvalue weighted by molar-refractivity contribution is 1.31. The number of rotatable bonds is 0. The molecule has 0 aliphatic carbocycles. The van der Waals surface area contributed by atoms with Crippen molar-refractivity contribution in [1.82, 2.24) is 9.97 Å². The molecule has 0 bridgehead atoms. The maximum absolute atomic E-state index is 5.58. The lowest BCUT2D eigenvalue weighted by Gasteiger charge is -1.88. The van der Waals surface area contributed by atoms with Gasteiger partial charge in [0.15, 0.2) is 0 Å².